The largest absolute Gasteiger partial charge is 0.435 e. The Balaban J connectivity index is 1.89. The lowest BCUT2D eigenvalue weighted by Gasteiger charge is -2.24. The van der Waals surface area contributed by atoms with E-state index in [0.717, 1.165) is 12.8 Å². The van der Waals surface area contributed by atoms with E-state index in [2.05, 4.69) is 10.1 Å². The zero-order chi connectivity index (χ0) is 17.0. The van der Waals surface area contributed by atoms with E-state index in [9.17, 15) is 18.7 Å². The van der Waals surface area contributed by atoms with Gasteiger partial charge in [-0.1, -0.05) is 12.1 Å². The second-order valence-electron chi connectivity index (χ2n) is 5.91. The molecule has 0 aliphatic heterocycles. The fourth-order valence-electron chi connectivity index (χ4n) is 2.33. The molecule has 0 spiro atoms. The highest BCUT2D eigenvalue weighted by Gasteiger charge is 2.31. The third kappa shape index (κ3) is 5.35. The quantitative estimate of drug-likeness (QED) is 0.809. The molecule has 7 heteroatoms. The van der Waals surface area contributed by atoms with Crippen molar-refractivity contribution in [2.24, 2.45) is 5.92 Å². The number of ether oxygens (including phenoxy) is 1. The number of amides is 2. The van der Waals surface area contributed by atoms with Crippen LogP contribution in [0.2, 0.25) is 0 Å². The number of halogens is 2. The minimum absolute atomic E-state index is 0.0520. The summed E-state index contributed by atoms with van der Waals surface area (Å²) in [6.45, 7) is -0.854. The third-order valence-corrected chi connectivity index (χ3v) is 3.90. The molecule has 1 aliphatic carbocycles. The number of hydrogen-bond acceptors (Lipinski definition) is 3. The number of likely N-dealkylation sites (N-methyl/N-ethyl adjacent to an activating group) is 1. The Bertz CT molecular complexity index is 538. The zero-order valence-corrected chi connectivity index (χ0v) is 13.2. The molecule has 2 atom stereocenters. The van der Waals surface area contributed by atoms with E-state index < -0.39 is 12.7 Å². The molecule has 0 radical (unpaired) electrons. The van der Waals surface area contributed by atoms with E-state index in [1.165, 1.54) is 17.0 Å². The van der Waals surface area contributed by atoms with E-state index in [-0.39, 0.29) is 24.4 Å². The first-order chi connectivity index (χ1) is 10.9. The Morgan fingerprint density at radius 2 is 2.17 bits per heavy atom. The molecule has 0 aromatic heterocycles. The first kappa shape index (κ1) is 17.5. The highest BCUT2D eigenvalue weighted by Crippen LogP contribution is 2.32. The number of nitrogens with zero attached hydrogens (tertiary/aromatic N) is 1. The van der Waals surface area contributed by atoms with Gasteiger partial charge in [-0.2, -0.15) is 8.78 Å². The molecule has 2 N–H and O–H groups in total. The summed E-state index contributed by atoms with van der Waals surface area (Å²) in [6, 6.07) is 5.53. The fraction of sp³-hybridized carbons (Fsp3) is 0.562. The van der Waals surface area contributed by atoms with Crippen LogP contribution in [0.3, 0.4) is 0 Å². The van der Waals surface area contributed by atoms with Crippen molar-refractivity contribution < 1.29 is 23.4 Å². The van der Waals surface area contributed by atoms with E-state index in [1.54, 1.807) is 26.1 Å². The van der Waals surface area contributed by atoms with Crippen LogP contribution < -0.4 is 10.1 Å². The second-order valence-corrected chi connectivity index (χ2v) is 5.91. The van der Waals surface area contributed by atoms with Gasteiger partial charge in [-0.05, 0) is 43.4 Å². The van der Waals surface area contributed by atoms with E-state index in [4.69, 9.17) is 0 Å². The number of nitrogens with one attached hydrogen (secondary N) is 1. The fourth-order valence-corrected chi connectivity index (χ4v) is 2.33. The summed E-state index contributed by atoms with van der Waals surface area (Å²) in [5.41, 5.74) is 0.660. The van der Waals surface area contributed by atoms with Gasteiger partial charge in [0.2, 0.25) is 0 Å². The average molecular weight is 328 g/mol. The van der Waals surface area contributed by atoms with Crippen molar-refractivity contribution >= 4 is 6.03 Å². The lowest BCUT2D eigenvalue weighted by atomic mass is 10.1. The predicted molar refractivity (Wildman–Crippen MR) is 81.4 cm³/mol. The van der Waals surface area contributed by atoms with Crippen molar-refractivity contribution in [3.05, 3.63) is 29.8 Å². The molecule has 128 valence electrons. The first-order valence-electron chi connectivity index (χ1n) is 7.61. The van der Waals surface area contributed by atoms with Gasteiger partial charge in [0.15, 0.2) is 0 Å². The number of carbonyl (C=O) groups is 1. The van der Waals surface area contributed by atoms with Crippen LogP contribution in [0.5, 0.6) is 5.75 Å². The number of urea groups is 1. The summed E-state index contributed by atoms with van der Waals surface area (Å²) >= 11 is 0. The molecular weight excluding hydrogens is 306 g/mol. The van der Waals surface area contributed by atoms with Crippen LogP contribution >= 0.6 is 0 Å². The molecule has 1 aliphatic rings. The van der Waals surface area contributed by atoms with Crippen molar-refractivity contribution in [1.82, 2.24) is 10.2 Å². The predicted octanol–water partition coefficient (Wildman–Crippen LogP) is 2.76. The van der Waals surface area contributed by atoms with Crippen molar-refractivity contribution in [3.8, 4) is 5.75 Å². The molecule has 23 heavy (non-hydrogen) atoms. The summed E-state index contributed by atoms with van der Waals surface area (Å²) in [6.07, 6.45) is 1.51. The highest BCUT2D eigenvalue weighted by molar-refractivity contribution is 5.74. The van der Waals surface area contributed by atoms with Crippen LogP contribution in [0.15, 0.2) is 24.3 Å². The number of aliphatic hydroxyl groups excluding tert-OH is 1. The standard InChI is InChI=1S/C16H22F2N2O3/c1-10(12-4-3-5-13(8-12)23-15(17)18)19-16(22)20(2)9-14(21)11-6-7-11/h3-5,8,10-11,14-15,21H,6-7,9H2,1-2H3,(H,19,22). The third-order valence-electron chi connectivity index (χ3n) is 3.90. The summed E-state index contributed by atoms with van der Waals surface area (Å²) in [4.78, 5) is 13.5. The normalized spacial score (nSPS) is 16.8. The molecule has 0 saturated heterocycles. The Labute approximate surface area is 134 Å². The van der Waals surface area contributed by atoms with Gasteiger partial charge in [0.1, 0.15) is 5.75 Å². The first-order valence-corrected chi connectivity index (χ1v) is 7.61. The number of alkyl halides is 2. The second kappa shape index (κ2) is 7.59. The number of benzene rings is 1. The molecule has 5 nitrogen and oxygen atoms in total. The number of rotatable bonds is 7. The molecule has 1 saturated carbocycles. The highest BCUT2D eigenvalue weighted by atomic mass is 19.3. The van der Waals surface area contributed by atoms with Crippen LogP contribution in [0.25, 0.3) is 0 Å². The maximum Gasteiger partial charge on any atom is 0.387 e. The van der Waals surface area contributed by atoms with E-state index in [1.807, 2.05) is 0 Å². The van der Waals surface area contributed by atoms with Crippen molar-refractivity contribution in [2.75, 3.05) is 13.6 Å². The van der Waals surface area contributed by atoms with Gasteiger partial charge in [0.25, 0.3) is 0 Å². The average Bonchev–Trinajstić information content (AvgIpc) is 3.31. The zero-order valence-electron chi connectivity index (χ0n) is 13.2. The molecule has 1 aromatic rings. The molecule has 1 aromatic carbocycles. The maximum absolute atomic E-state index is 12.2. The number of carbonyl (C=O) groups excluding carboxylic acids is 1. The van der Waals surface area contributed by atoms with Gasteiger partial charge in [0, 0.05) is 13.6 Å². The minimum atomic E-state index is -2.88. The molecule has 1 fully saturated rings. The van der Waals surface area contributed by atoms with Crippen LogP contribution in [-0.4, -0.2) is 42.3 Å². The van der Waals surface area contributed by atoms with E-state index in [0.29, 0.717) is 11.5 Å². The van der Waals surface area contributed by atoms with Crippen LogP contribution in [0, 0.1) is 5.92 Å². The Morgan fingerprint density at radius 1 is 1.48 bits per heavy atom. The Kier molecular flexibility index (Phi) is 5.76. The Hall–Kier alpha value is -1.89. The van der Waals surface area contributed by atoms with E-state index >= 15 is 0 Å². The summed E-state index contributed by atoms with van der Waals surface area (Å²) in [5.74, 6) is 0.349. The molecule has 0 heterocycles. The van der Waals surface area contributed by atoms with Crippen molar-refractivity contribution in [2.45, 2.75) is 38.5 Å². The van der Waals surface area contributed by atoms with Gasteiger partial charge >= 0.3 is 12.6 Å². The molecule has 0 bridgehead atoms. The number of aliphatic hydroxyl groups is 1. The molecular formula is C16H22F2N2O3. The SMILES string of the molecule is CC(NC(=O)N(C)CC(O)C1CC1)c1cccc(OC(F)F)c1. The molecule has 2 unspecified atom stereocenters. The van der Waals surface area contributed by atoms with Gasteiger partial charge in [-0.3, -0.25) is 0 Å². The summed E-state index contributed by atoms with van der Waals surface area (Å²) < 4.78 is 28.8. The summed E-state index contributed by atoms with van der Waals surface area (Å²) in [7, 11) is 1.62. The van der Waals surface area contributed by atoms with Gasteiger partial charge in [-0.25, -0.2) is 4.79 Å². The molecule has 2 rings (SSSR count). The minimum Gasteiger partial charge on any atom is -0.435 e. The van der Waals surface area contributed by atoms with Crippen molar-refractivity contribution in [3.63, 3.8) is 0 Å². The van der Waals surface area contributed by atoms with Crippen molar-refractivity contribution in [1.29, 1.82) is 0 Å². The van der Waals surface area contributed by atoms with Gasteiger partial charge < -0.3 is 20.1 Å². The lowest BCUT2D eigenvalue weighted by Crippen LogP contribution is -2.42. The lowest BCUT2D eigenvalue weighted by molar-refractivity contribution is -0.0499. The Morgan fingerprint density at radius 3 is 2.78 bits per heavy atom. The monoisotopic (exact) mass is 328 g/mol. The topological polar surface area (TPSA) is 61.8 Å². The van der Waals surface area contributed by atoms with Crippen LogP contribution in [0.1, 0.15) is 31.4 Å². The van der Waals surface area contributed by atoms with Crippen LogP contribution in [-0.2, 0) is 0 Å². The van der Waals surface area contributed by atoms with Gasteiger partial charge in [-0.15, -0.1) is 0 Å². The smallest absolute Gasteiger partial charge is 0.387 e. The number of hydrogen-bond donors (Lipinski definition) is 2. The maximum atomic E-state index is 12.2. The summed E-state index contributed by atoms with van der Waals surface area (Å²) in [5, 5.41) is 12.6. The van der Waals surface area contributed by atoms with Gasteiger partial charge in [0.05, 0.1) is 12.1 Å². The van der Waals surface area contributed by atoms with Crippen LogP contribution in [0.4, 0.5) is 13.6 Å². The molecule has 2 amide bonds.